The lowest BCUT2D eigenvalue weighted by Crippen LogP contribution is -2.19. The predicted octanol–water partition coefficient (Wildman–Crippen LogP) is 4.19. The Kier molecular flexibility index (Phi) is 7.58. The highest BCUT2D eigenvalue weighted by atomic mass is 28.3. The third-order valence-electron chi connectivity index (χ3n) is 2.67. The van der Waals surface area contributed by atoms with Crippen LogP contribution in [0.4, 0.5) is 0 Å². The third kappa shape index (κ3) is 7.82. The summed E-state index contributed by atoms with van der Waals surface area (Å²) in [4.78, 5) is 0. The quantitative estimate of drug-likeness (QED) is 0.398. The van der Waals surface area contributed by atoms with Gasteiger partial charge in [-0.15, -0.1) is 0 Å². The number of unbranched alkanes of at least 4 members (excludes halogenated alkanes) is 2. The van der Waals surface area contributed by atoms with Gasteiger partial charge in [-0.3, -0.25) is 0 Å². The summed E-state index contributed by atoms with van der Waals surface area (Å²) < 4.78 is 5.45. The molecule has 0 unspecified atom stereocenters. The van der Waals surface area contributed by atoms with Gasteiger partial charge in [0.15, 0.2) is 0 Å². The minimum absolute atomic E-state index is 0.267. The Balaban J connectivity index is 4.25. The van der Waals surface area contributed by atoms with E-state index in [4.69, 9.17) is 4.43 Å². The molecule has 16 heavy (non-hydrogen) atoms. The molecule has 0 aliphatic heterocycles. The second kappa shape index (κ2) is 7.79. The van der Waals surface area contributed by atoms with Gasteiger partial charge in [0.2, 0.25) is 9.04 Å². The van der Waals surface area contributed by atoms with E-state index in [0.29, 0.717) is 5.92 Å². The van der Waals surface area contributed by atoms with E-state index in [1.54, 1.807) is 0 Å². The summed E-state index contributed by atoms with van der Waals surface area (Å²) in [7, 11) is -0.990. The first-order chi connectivity index (χ1) is 7.38. The number of rotatable bonds is 5. The zero-order chi connectivity index (χ0) is 12.6. The van der Waals surface area contributed by atoms with Gasteiger partial charge in [-0.2, -0.15) is 0 Å². The van der Waals surface area contributed by atoms with Crippen LogP contribution in [-0.4, -0.2) is 9.04 Å². The lowest BCUT2D eigenvalue weighted by atomic mass is 9.78. The summed E-state index contributed by atoms with van der Waals surface area (Å²) in [5.74, 6) is 3.78. The van der Waals surface area contributed by atoms with E-state index in [0.717, 1.165) is 0 Å². The Morgan fingerprint density at radius 1 is 1.19 bits per heavy atom. The maximum absolute atomic E-state index is 5.45. The molecule has 0 spiro atoms. The van der Waals surface area contributed by atoms with Crippen molar-refractivity contribution >= 4 is 9.04 Å². The molecule has 0 radical (unpaired) electrons. The summed E-state index contributed by atoms with van der Waals surface area (Å²) in [5.41, 5.74) is 0.267. The van der Waals surface area contributed by atoms with Gasteiger partial charge < -0.3 is 4.43 Å². The van der Waals surface area contributed by atoms with E-state index in [1.807, 2.05) is 0 Å². The molecule has 0 aromatic heterocycles. The van der Waals surface area contributed by atoms with E-state index < -0.39 is 9.04 Å². The smallest absolute Gasteiger partial charge is 0.244 e. The topological polar surface area (TPSA) is 9.23 Å². The highest BCUT2D eigenvalue weighted by Gasteiger charge is 2.22. The van der Waals surface area contributed by atoms with Gasteiger partial charge in [0, 0.05) is 5.92 Å². The first-order valence-corrected chi connectivity index (χ1v) is 9.32. The highest BCUT2D eigenvalue weighted by Crippen LogP contribution is 2.29. The van der Waals surface area contributed by atoms with Crippen LogP contribution in [0.15, 0.2) is 0 Å². The number of hydrogen-bond acceptors (Lipinski definition) is 1. The van der Waals surface area contributed by atoms with Crippen LogP contribution in [-0.2, 0) is 4.43 Å². The summed E-state index contributed by atoms with van der Waals surface area (Å²) in [6.07, 6.45) is 8.01. The molecular formula is C14H28OSi. The molecule has 2 heteroatoms. The summed E-state index contributed by atoms with van der Waals surface area (Å²) in [6.45, 7) is 13.3. The molecule has 0 N–H and O–H groups in total. The first kappa shape index (κ1) is 15.6. The van der Waals surface area contributed by atoms with E-state index in [9.17, 15) is 0 Å². The Labute approximate surface area is 104 Å². The van der Waals surface area contributed by atoms with E-state index in [1.165, 1.54) is 25.7 Å². The van der Waals surface area contributed by atoms with Crippen molar-refractivity contribution in [1.29, 1.82) is 0 Å². The normalized spacial score (nSPS) is 13.2. The lowest BCUT2D eigenvalue weighted by Gasteiger charge is -2.26. The van der Waals surface area contributed by atoms with Gasteiger partial charge >= 0.3 is 0 Å². The van der Waals surface area contributed by atoms with Crippen LogP contribution in [0.3, 0.4) is 0 Å². The molecular weight excluding hydrogens is 212 g/mol. The van der Waals surface area contributed by atoms with Crippen LogP contribution in [0.25, 0.3) is 0 Å². The van der Waals surface area contributed by atoms with Crippen LogP contribution >= 0.6 is 0 Å². The minimum atomic E-state index is -0.990. The molecule has 0 saturated carbocycles. The highest BCUT2D eigenvalue weighted by molar-refractivity contribution is 6.48. The zero-order valence-electron chi connectivity index (χ0n) is 11.9. The van der Waals surface area contributed by atoms with Crippen LogP contribution in [0.2, 0.25) is 13.1 Å². The fraction of sp³-hybridized carbons (Fsp3) is 0.857. The molecule has 94 valence electrons. The van der Waals surface area contributed by atoms with Crippen molar-refractivity contribution in [1.82, 2.24) is 0 Å². The minimum Gasteiger partial charge on any atom is -0.505 e. The van der Waals surface area contributed by atoms with E-state index >= 15 is 0 Å². The van der Waals surface area contributed by atoms with Gasteiger partial charge in [0.05, 0.1) is 6.11 Å². The monoisotopic (exact) mass is 240 g/mol. The molecule has 0 bridgehead atoms. The fourth-order valence-corrected chi connectivity index (χ4v) is 1.85. The summed E-state index contributed by atoms with van der Waals surface area (Å²) >= 11 is 0. The molecule has 0 aromatic carbocycles. The standard InChI is InChI=1S/C14H28OSi/c1-7-8-9-10-13(14(2,3)4)11-12-15-16(5)6/h13,16H,7-10H2,1-6H3/t13-/m0/s1. The molecule has 0 fully saturated rings. The van der Waals surface area contributed by atoms with Crippen molar-refractivity contribution in [3.63, 3.8) is 0 Å². The largest absolute Gasteiger partial charge is 0.505 e. The molecule has 0 heterocycles. The maximum Gasteiger partial charge on any atom is 0.244 e. The molecule has 0 rings (SSSR count). The fourth-order valence-electron chi connectivity index (χ4n) is 1.54. The Morgan fingerprint density at radius 2 is 1.81 bits per heavy atom. The van der Waals surface area contributed by atoms with Crippen LogP contribution in [0.5, 0.6) is 0 Å². The second-order valence-electron chi connectivity index (χ2n) is 5.83. The van der Waals surface area contributed by atoms with Crippen LogP contribution in [0, 0.1) is 23.4 Å². The van der Waals surface area contributed by atoms with Crippen molar-refractivity contribution in [3.8, 4) is 12.0 Å². The van der Waals surface area contributed by atoms with Crippen molar-refractivity contribution < 1.29 is 4.43 Å². The molecule has 0 amide bonds. The van der Waals surface area contributed by atoms with Crippen molar-refractivity contribution in [2.24, 2.45) is 11.3 Å². The molecule has 0 saturated heterocycles. The van der Waals surface area contributed by atoms with Gasteiger partial charge in [-0.05, 0) is 24.9 Å². The Morgan fingerprint density at radius 3 is 2.25 bits per heavy atom. The second-order valence-corrected chi connectivity index (χ2v) is 8.16. The van der Waals surface area contributed by atoms with Crippen molar-refractivity contribution in [3.05, 3.63) is 0 Å². The van der Waals surface area contributed by atoms with Gasteiger partial charge in [0.25, 0.3) is 0 Å². The summed E-state index contributed by atoms with van der Waals surface area (Å²) in [5, 5.41) is 0. The van der Waals surface area contributed by atoms with Crippen LogP contribution < -0.4 is 0 Å². The average molecular weight is 240 g/mol. The third-order valence-corrected chi connectivity index (χ3v) is 3.26. The van der Waals surface area contributed by atoms with Crippen molar-refractivity contribution in [2.75, 3.05) is 0 Å². The molecule has 1 nitrogen and oxygen atoms in total. The van der Waals surface area contributed by atoms with E-state index in [2.05, 4.69) is 52.8 Å². The predicted molar refractivity (Wildman–Crippen MR) is 74.8 cm³/mol. The molecule has 0 aliphatic rings. The Bertz CT molecular complexity index is 229. The number of hydrogen-bond donors (Lipinski definition) is 0. The summed E-state index contributed by atoms with van der Waals surface area (Å²) in [6, 6.07) is 0. The Hall–Kier alpha value is -0.423. The maximum atomic E-state index is 5.45. The van der Waals surface area contributed by atoms with Gasteiger partial charge in [-0.1, -0.05) is 52.9 Å². The average Bonchev–Trinajstić information content (AvgIpc) is 2.13. The van der Waals surface area contributed by atoms with Gasteiger partial charge in [0.1, 0.15) is 0 Å². The molecule has 0 aromatic rings. The zero-order valence-corrected chi connectivity index (χ0v) is 13.0. The molecule has 0 aliphatic carbocycles. The van der Waals surface area contributed by atoms with Crippen LogP contribution in [0.1, 0.15) is 53.4 Å². The van der Waals surface area contributed by atoms with Gasteiger partial charge in [-0.25, -0.2) is 0 Å². The first-order valence-electron chi connectivity index (χ1n) is 6.54. The van der Waals surface area contributed by atoms with E-state index in [-0.39, 0.29) is 5.41 Å². The van der Waals surface area contributed by atoms with Crippen molar-refractivity contribution in [2.45, 2.75) is 66.5 Å². The SMILES string of the molecule is CCCCC[C@@H](C#CO[SiH](C)C)C(C)(C)C. The molecule has 1 atom stereocenters. The lowest BCUT2D eigenvalue weighted by molar-refractivity contribution is 0.280.